The first kappa shape index (κ1) is 12.2. The van der Waals surface area contributed by atoms with Crippen molar-refractivity contribution in [3.63, 3.8) is 0 Å². The zero-order chi connectivity index (χ0) is 9.78. The van der Waals surface area contributed by atoms with Crippen molar-refractivity contribution in [2.24, 2.45) is 0 Å². The number of ether oxygens (including phenoxy) is 1. The molecular weight excluding hydrogens is 309 g/mol. The number of carbonyl (C=O) groups excluding carboxylic acids is 1. The number of alkyl halides is 5. The summed E-state index contributed by atoms with van der Waals surface area (Å²) in [6, 6.07) is 0. The van der Waals surface area contributed by atoms with Gasteiger partial charge in [0.15, 0.2) is 0 Å². The summed E-state index contributed by atoms with van der Waals surface area (Å²) < 4.78 is 38.4. The molecule has 1 unspecified atom stereocenters. The van der Waals surface area contributed by atoms with E-state index in [1.54, 1.807) is 0 Å². The van der Waals surface area contributed by atoms with E-state index in [9.17, 15) is 18.0 Å². The van der Waals surface area contributed by atoms with Gasteiger partial charge in [0, 0.05) is 5.33 Å². The van der Waals surface area contributed by atoms with Crippen LogP contribution < -0.4 is 0 Å². The van der Waals surface area contributed by atoms with Crippen LogP contribution in [0.25, 0.3) is 0 Å². The van der Waals surface area contributed by atoms with Crippen LogP contribution in [-0.4, -0.2) is 28.9 Å². The minimum Gasteiger partial charge on any atom is -0.458 e. The largest absolute Gasteiger partial charge is 0.490 e. The fraction of sp³-hybridized carbons (Fsp3) is 0.800. The van der Waals surface area contributed by atoms with E-state index in [0.717, 1.165) is 0 Å². The molecule has 0 radical (unpaired) electrons. The summed E-state index contributed by atoms with van der Waals surface area (Å²) >= 11 is 5.98. The Kier molecular flexibility index (Phi) is 5.15. The van der Waals surface area contributed by atoms with Crippen LogP contribution in [0.3, 0.4) is 0 Å². The van der Waals surface area contributed by atoms with Gasteiger partial charge in [-0.05, 0) is 0 Å². The first-order valence-electron chi connectivity index (χ1n) is 2.82. The van der Waals surface area contributed by atoms with Crippen LogP contribution in [0.2, 0.25) is 0 Å². The number of hydrogen-bond acceptors (Lipinski definition) is 2. The van der Waals surface area contributed by atoms with E-state index < -0.39 is 12.1 Å². The minimum absolute atomic E-state index is 0.302. The lowest BCUT2D eigenvalue weighted by Crippen LogP contribution is -2.27. The molecule has 7 heteroatoms. The maximum absolute atomic E-state index is 11.5. The van der Waals surface area contributed by atoms with Gasteiger partial charge in [-0.25, -0.2) is 4.79 Å². The predicted octanol–water partition coefficient (Wildman–Crippen LogP) is 2.25. The molecule has 0 aliphatic rings. The second-order valence-electron chi connectivity index (χ2n) is 1.85. The van der Waals surface area contributed by atoms with E-state index in [2.05, 4.69) is 36.6 Å². The molecule has 0 saturated carbocycles. The second kappa shape index (κ2) is 5.06. The Morgan fingerprint density at radius 1 is 1.50 bits per heavy atom. The normalized spacial score (nSPS) is 14.1. The van der Waals surface area contributed by atoms with E-state index in [-0.39, 0.29) is 11.4 Å². The highest BCUT2D eigenvalue weighted by Crippen LogP contribution is 2.17. The summed E-state index contributed by atoms with van der Waals surface area (Å²) in [5.41, 5.74) is 0. The highest BCUT2D eigenvalue weighted by atomic mass is 79.9. The number of carbonyl (C=O) groups is 1. The third kappa shape index (κ3) is 4.97. The zero-order valence-electron chi connectivity index (χ0n) is 5.70. The van der Waals surface area contributed by atoms with Gasteiger partial charge in [-0.3, -0.25) is 0 Å². The molecule has 0 aromatic carbocycles. The molecular formula is C5H5Br2F3O2. The standard InChI is InChI=1S/C5H5Br2F3O2/c6-1-3(7)2-12-4(11)5(8,9)10/h3H,1-2H2. The third-order valence-electron chi connectivity index (χ3n) is 0.794. The van der Waals surface area contributed by atoms with Crippen LogP contribution in [0, 0.1) is 0 Å². The predicted molar refractivity (Wildman–Crippen MR) is 43.5 cm³/mol. The van der Waals surface area contributed by atoms with Gasteiger partial charge >= 0.3 is 12.1 Å². The van der Waals surface area contributed by atoms with E-state index >= 15 is 0 Å². The lowest BCUT2D eigenvalue weighted by molar-refractivity contribution is -0.199. The molecule has 0 N–H and O–H groups in total. The van der Waals surface area contributed by atoms with Gasteiger partial charge in [0.2, 0.25) is 0 Å². The first-order valence-corrected chi connectivity index (χ1v) is 4.85. The van der Waals surface area contributed by atoms with E-state index in [0.29, 0.717) is 5.33 Å². The maximum Gasteiger partial charge on any atom is 0.490 e. The zero-order valence-corrected chi connectivity index (χ0v) is 8.87. The van der Waals surface area contributed by atoms with Crippen molar-refractivity contribution in [3.8, 4) is 0 Å². The second-order valence-corrected chi connectivity index (χ2v) is 3.79. The van der Waals surface area contributed by atoms with Gasteiger partial charge in [0.25, 0.3) is 0 Å². The molecule has 12 heavy (non-hydrogen) atoms. The lowest BCUT2D eigenvalue weighted by Gasteiger charge is -2.08. The smallest absolute Gasteiger partial charge is 0.458 e. The van der Waals surface area contributed by atoms with Crippen molar-refractivity contribution < 1.29 is 22.7 Å². The average molecular weight is 314 g/mol. The van der Waals surface area contributed by atoms with Crippen molar-refractivity contribution in [2.75, 3.05) is 11.9 Å². The van der Waals surface area contributed by atoms with Gasteiger partial charge in [-0.2, -0.15) is 13.2 Å². The van der Waals surface area contributed by atoms with E-state index in [4.69, 9.17) is 0 Å². The number of halogens is 5. The molecule has 0 heterocycles. The molecule has 0 aliphatic carbocycles. The van der Waals surface area contributed by atoms with Crippen molar-refractivity contribution in [2.45, 2.75) is 11.0 Å². The van der Waals surface area contributed by atoms with Gasteiger partial charge in [0.1, 0.15) is 6.61 Å². The van der Waals surface area contributed by atoms with E-state index in [1.165, 1.54) is 0 Å². The summed E-state index contributed by atoms with van der Waals surface area (Å²) in [6.45, 7) is -0.302. The van der Waals surface area contributed by atoms with Gasteiger partial charge in [-0.15, -0.1) is 0 Å². The molecule has 0 aromatic rings. The Bertz CT molecular complexity index is 159. The quantitative estimate of drug-likeness (QED) is 0.590. The van der Waals surface area contributed by atoms with Crippen molar-refractivity contribution in [3.05, 3.63) is 0 Å². The van der Waals surface area contributed by atoms with Crippen LogP contribution >= 0.6 is 31.9 Å². The molecule has 0 aliphatic heterocycles. The summed E-state index contributed by atoms with van der Waals surface area (Å²) in [5, 5.41) is 0.415. The Morgan fingerprint density at radius 2 is 2.00 bits per heavy atom. The molecule has 0 fully saturated rings. The minimum atomic E-state index is -4.90. The third-order valence-corrected chi connectivity index (χ3v) is 3.03. The molecule has 2 nitrogen and oxygen atoms in total. The highest BCUT2D eigenvalue weighted by Gasteiger charge is 2.41. The topological polar surface area (TPSA) is 26.3 Å². The SMILES string of the molecule is O=C(OCC(Br)CBr)C(F)(F)F. The van der Waals surface area contributed by atoms with Crippen LogP contribution in [0.15, 0.2) is 0 Å². The Balaban J connectivity index is 3.73. The van der Waals surface area contributed by atoms with Crippen LogP contribution in [0.1, 0.15) is 0 Å². The molecule has 0 spiro atoms. The average Bonchev–Trinajstić information content (AvgIpc) is 1.97. The number of esters is 1. The summed E-state index contributed by atoms with van der Waals surface area (Å²) in [7, 11) is 0. The van der Waals surface area contributed by atoms with Crippen molar-refractivity contribution >= 4 is 37.8 Å². The Morgan fingerprint density at radius 3 is 2.33 bits per heavy atom. The van der Waals surface area contributed by atoms with Crippen LogP contribution in [0.5, 0.6) is 0 Å². The molecule has 0 aromatic heterocycles. The van der Waals surface area contributed by atoms with Crippen molar-refractivity contribution in [1.29, 1.82) is 0 Å². The molecule has 0 rings (SSSR count). The molecule has 72 valence electrons. The summed E-state index contributed by atoms with van der Waals surface area (Å²) in [4.78, 5) is 9.80. The highest BCUT2D eigenvalue weighted by molar-refractivity contribution is 9.12. The summed E-state index contributed by atoms with van der Waals surface area (Å²) in [5.74, 6) is -2.16. The van der Waals surface area contributed by atoms with Crippen LogP contribution in [0.4, 0.5) is 13.2 Å². The summed E-state index contributed by atoms with van der Waals surface area (Å²) in [6.07, 6.45) is -4.90. The number of rotatable bonds is 3. The Labute approximate surface area is 83.7 Å². The monoisotopic (exact) mass is 312 g/mol. The lowest BCUT2D eigenvalue weighted by atomic mass is 10.5. The fourth-order valence-electron chi connectivity index (χ4n) is 0.292. The fourth-order valence-corrected chi connectivity index (χ4v) is 0.612. The Hall–Kier alpha value is 0.220. The molecule has 0 amide bonds. The molecule has 1 atom stereocenters. The van der Waals surface area contributed by atoms with E-state index in [1.807, 2.05) is 0 Å². The maximum atomic E-state index is 11.5. The first-order chi connectivity index (χ1) is 5.38. The van der Waals surface area contributed by atoms with Gasteiger partial charge < -0.3 is 4.74 Å². The molecule has 0 bridgehead atoms. The van der Waals surface area contributed by atoms with Crippen LogP contribution in [-0.2, 0) is 9.53 Å². The number of hydrogen-bond donors (Lipinski definition) is 0. The molecule has 0 saturated heterocycles. The van der Waals surface area contributed by atoms with Crippen molar-refractivity contribution in [1.82, 2.24) is 0 Å². The van der Waals surface area contributed by atoms with Gasteiger partial charge in [0.05, 0.1) is 4.83 Å². The van der Waals surface area contributed by atoms with Gasteiger partial charge in [-0.1, -0.05) is 31.9 Å².